The Morgan fingerprint density at radius 1 is 1.05 bits per heavy atom. The summed E-state index contributed by atoms with van der Waals surface area (Å²) in [7, 11) is 0. The Morgan fingerprint density at radius 2 is 1.77 bits per heavy atom. The van der Waals surface area contributed by atoms with Crippen molar-refractivity contribution in [3.05, 3.63) is 29.6 Å². The highest BCUT2D eigenvalue weighted by molar-refractivity contribution is 5.60. The third kappa shape index (κ3) is 2.54. The first-order chi connectivity index (χ1) is 10.8. The van der Waals surface area contributed by atoms with Gasteiger partial charge in [-0.25, -0.2) is 4.39 Å². The van der Waals surface area contributed by atoms with Gasteiger partial charge < -0.3 is 10.2 Å². The van der Waals surface area contributed by atoms with Crippen molar-refractivity contribution in [2.45, 2.75) is 62.8 Å². The van der Waals surface area contributed by atoms with Crippen LogP contribution in [0.1, 0.15) is 56.9 Å². The van der Waals surface area contributed by atoms with Crippen molar-refractivity contribution >= 4 is 5.69 Å². The van der Waals surface area contributed by atoms with E-state index in [1.165, 1.54) is 70.0 Å². The molecule has 1 spiro atoms. The maximum absolute atomic E-state index is 13.7. The Kier molecular flexibility index (Phi) is 3.85. The van der Waals surface area contributed by atoms with Gasteiger partial charge in [0.2, 0.25) is 0 Å². The van der Waals surface area contributed by atoms with Crippen molar-refractivity contribution < 1.29 is 4.39 Å². The molecule has 0 aromatic heterocycles. The molecule has 120 valence electrons. The zero-order chi connectivity index (χ0) is 15.0. The van der Waals surface area contributed by atoms with Crippen LogP contribution in [0.15, 0.2) is 18.2 Å². The van der Waals surface area contributed by atoms with E-state index in [0.717, 1.165) is 18.3 Å². The number of anilines is 1. The van der Waals surface area contributed by atoms with Crippen LogP contribution in [0.3, 0.4) is 0 Å². The minimum atomic E-state index is -0.0898. The number of nitrogens with one attached hydrogen (secondary N) is 1. The van der Waals surface area contributed by atoms with Crippen molar-refractivity contribution in [3.63, 3.8) is 0 Å². The van der Waals surface area contributed by atoms with Gasteiger partial charge in [0.15, 0.2) is 0 Å². The van der Waals surface area contributed by atoms with Gasteiger partial charge in [0.1, 0.15) is 5.82 Å². The Bertz CT molecular complexity index is 526. The quantitative estimate of drug-likeness (QED) is 0.778. The highest BCUT2D eigenvalue weighted by Crippen LogP contribution is 2.44. The van der Waals surface area contributed by atoms with Gasteiger partial charge >= 0.3 is 0 Å². The largest absolute Gasteiger partial charge is 0.384 e. The van der Waals surface area contributed by atoms with Gasteiger partial charge in [-0.05, 0) is 62.5 Å². The second kappa shape index (κ2) is 5.84. The molecule has 2 aliphatic heterocycles. The number of fused-ring (bicyclic) bond motifs is 2. The molecule has 1 aromatic carbocycles. The van der Waals surface area contributed by atoms with Crippen LogP contribution < -0.4 is 5.32 Å². The number of rotatable bonds is 1. The lowest BCUT2D eigenvalue weighted by atomic mass is 9.74. The normalized spacial score (nSPS) is 25.7. The molecule has 1 saturated heterocycles. The van der Waals surface area contributed by atoms with E-state index in [0.29, 0.717) is 0 Å². The van der Waals surface area contributed by atoms with Crippen LogP contribution >= 0.6 is 0 Å². The molecule has 1 aromatic rings. The first-order valence-electron chi connectivity index (χ1n) is 9.05. The summed E-state index contributed by atoms with van der Waals surface area (Å²) in [5.74, 6) is -0.0898. The summed E-state index contributed by atoms with van der Waals surface area (Å²) >= 11 is 0. The maximum atomic E-state index is 13.7. The predicted octanol–water partition coefficient (Wildman–Crippen LogP) is 4.31. The summed E-state index contributed by atoms with van der Waals surface area (Å²) in [5, 5.41) is 3.51. The van der Waals surface area contributed by atoms with E-state index in [1.54, 1.807) is 12.1 Å². The standard InChI is InChI=1S/C19H27FN2/c20-15-7-8-18-17(13-15)19(14-21-18)9-11-22(12-10-19)16-5-3-1-2-4-6-16/h7-8,13,16,21H,1-6,9-12,14H2. The smallest absolute Gasteiger partial charge is 0.123 e. The van der Waals surface area contributed by atoms with Gasteiger partial charge in [0, 0.05) is 23.7 Å². The van der Waals surface area contributed by atoms with Crippen LogP contribution in [0.4, 0.5) is 10.1 Å². The predicted molar refractivity (Wildman–Crippen MR) is 88.9 cm³/mol. The molecule has 22 heavy (non-hydrogen) atoms. The molecule has 0 atom stereocenters. The van der Waals surface area contributed by atoms with E-state index in [2.05, 4.69) is 10.2 Å². The molecule has 0 amide bonds. The molecule has 0 bridgehead atoms. The van der Waals surface area contributed by atoms with Crippen LogP contribution in [0, 0.1) is 5.82 Å². The highest BCUT2D eigenvalue weighted by atomic mass is 19.1. The Hall–Kier alpha value is -1.09. The van der Waals surface area contributed by atoms with Crippen molar-refractivity contribution in [2.75, 3.05) is 25.0 Å². The molecule has 2 heterocycles. The zero-order valence-corrected chi connectivity index (χ0v) is 13.4. The molecule has 0 radical (unpaired) electrons. The fourth-order valence-corrected chi connectivity index (χ4v) is 4.86. The number of hydrogen-bond acceptors (Lipinski definition) is 2. The van der Waals surface area contributed by atoms with Crippen LogP contribution in [-0.4, -0.2) is 30.6 Å². The molecular weight excluding hydrogens is 275 g/mol. The van der Waals surface area contributed by atoms with E-state index in [-0.39, 0.29) is 11.2 Å². The average Bonchev–Trinajstić information content (AvgIpc) is 2.74. The average molecular weight is 302 g/mol. The fourth-order valence-electron chi connectivity index (χ4n) is 4.86. The summed E-state index contributed by atoms with van der Waals surface area (Å²) in [6.07, 6.45) is 10.8. The maximum Gasteiger partial charge on any atom is 0.123 e. The zero-order valence-electron chi connectivity index (χ0n) is 13.4. The molecule has 3 heteroatoms. The SMILES string of the molecule is Fc1ccc2c(c1)C1(CCN(C3CCCCCC3)CC1)CN2. The minimum absolute atomic E-state index is 0.0898. The van der Waals surface area contributed by atoms with Crippen molar-refractivity contribution in [2.24, 2.45) is 0 Å². The number of halogens is 1. The van der Waals surface area contributed by atoms with Crippen molar-refractivity contribution in [1.82, 2.24) is 4.90 Å². The molecular formula is C19H27FN2. The topological polar surface area (TPSA) is 15.3 Å². The van der Waals surface area contributed by atoms with E-state index in [4.69, 9.17) is 0 Å². The van der Waals surface area contributed by atoms with Crippen molar-refractivity contribution in [1.29, 1.82) is 0 Å². The lowest BCUT2D eigenvalue weighted by Gasteiger charge is -2.42. The van der Waals surface area contributed by atoms with Gasteiger partial charge in [0.05, 0.1) is 0 Å². The number of piperidine rings is 1. The van der Waals surface area contributed by atoms with E-state index in [1.807, 2.05) is 6.07 Å². The molecule has 4 rings (SSSR count). The molecule has 0 unspecified atom stereocenters. The van der Waals surface area contributed by atoms with E-state index < -0.39 is 0 Å². The van der Waals surface area contributed by atoms with E-state index >= 15 is 0 Å². The van der Waals surface area contributed by atoms with Gasteiger partial charge in [-0.15, -0.1) is 0 Å². The van der Waals surface area contributed by atoms with Crippen LogP contribution in [0.5, 0.6) is 0 Å². The van der Waals surface area contributed by atoms with Crippen LogP contribution in [-0.2, 0) is 5.41 Å². The number of benzene rings is 1. The van der Waals surface area contributed by atoms with Crippen LogP contribution in [0.2, 0.25) is 0 Å². The molecule has 2 fully saturated rings. The van der Waals surface area contributed by atoms with Gasteiger partial charge in [-0.2, -0.15) is 0 Å². The molecule has 2 nitrogen and oxygen atoms in total. The third-order valence-electron chi connectivity index (χ3n) is 6.27. The number of nitrogens with zero attached hydrogens (tertiary/aromatic N) is 1. The number of likely N-dealkylation sites (tertiary alicyclic amines) is 1. The number of hydrogen-bond donors (Lipinski definition) is 1. The first kappa shape index (κ1) is 14.5. The summed E-state index contributed by atoms with van der Waals surface area (Å²) in [5.41, 5.74) is 2.57. The Morgan fingerprint density at radius 3 is 2.50 bits per heavy atom. The Labute approximate surface area is 133 Å². The van der Waals surface area contributed by atoms with Gasteiger partial charge in [-0.3, -0.25) is 0 Å². The fraction of sp³-hybridized carbons (Fsp3) is 0.684. The molecule has 1 aliphatic carbocycles. The summed E-state index contributed by atoms with van der Waals surface area (Å²) in [6.45, 7) is 3.36. The molecule has 3 aliphatic rings. The third-order valence-corrected chi connectivity index (χ3v) is 6.27. The molecule has 1 saturated carbocycles. The molecule has 1 N–H and O–H groups in total. The lowest BCUT2D eigenvalue weighted by Crippen LogP contribution is -2.47. The van der Waals surface area contributed by atoms with Gasteiger partial charge in [-0.1, -0.05) is 25.7 Å². The summed E-state index contributed by atoms with van der Waals surface area (Å²) in [6, 6.07) is 6.07. The van der Waals surface area contributed by atoms with Crippen LogP contribution in [0.25, 0.3) is 0 Å². The van der Waals surface area contributed by atoms with Crippen molar-refractivity contribution in [3.8, 4) is 0 Å². The highest BCUT2D eigenvalue weighted by Gasteiger charge is 2.42. The lowest BCUT2D eigenvalue weighted by molar-refractivity contribution is 0.111. The van der Waals surface area contributed by atoms with Gasteiger partial charge in [0.25, 0.3) is 0 Å². The van der Waals surface area contributed by atoms with E-state index in [9.17, 15) is 4.39 Å². The summed E-state index contributed by atoms with van der Waals surface area (Å²) < 4.78 is 13.7. The second-order valence-corrected chi connectivity index (χ2v) is 7.51. The minimum Gasteiger partial charge on any atom is -0.384 e. The Balaban J connectivity index is 1.47. The monoisotopic (exact) mass is 302 g/mol. The first-order valence-corrected chi connectivity index (χ1v) is 9.05. The second-order valence-electron chi connectivity index (χ2n) is 7.51. The summed E-state index contributed by atoms with van der Waals surface area (Å²) in [4.78, 5) is 2.73.